The molecular formula is C18H16ClNO4S. The predicted molar refractivity (Wildman–Crippen MR) is 96.9 cm³/mol. The van der Waals surface area contributed by atoms with Gasteiger partial charge in [0.2, 0.25) is 0 Å². The van der Waals surface area contributed by atoms with Gasteiger partial charge < -0.3 is 9.67 Å². The highest BCUT2D eigenvalue weighted by molar-refractivity contribution is 7.90. The number of nitrogens with zero attached hydrogens (tertiary/aromatic N) is 1. The second-order valence-electron chi connectivity index (χ2n) is 5.89. The molecule has 5 nitrogen and oxygen atoms in total. The SMILES string of the molecule is CS(=O)(=O)c1ccccc1Cn1cc(CC(=O)O)c2cc(Cl)ccc21. The predicted octanol–water partition coefficient (Wildman–Crippen LogP) is 3.37. The first-order valence-electron chi connectivity index (χ1n) is 7.53. The highest BCUT2D eigenvalue weighted by atomic mass is 35.5. The fourth-order valence-corrected chi connectivity index (χ4v) is 4.06. The third-order valence-corrected chi connectivity index (χ3v) is 5.41. The molecule has 0 fully saturated rings. The van der Waals surface area contributed by atoms with Crippen LogP contribution in [0.3, 0.4) is 0 Å². The van der Waals surface area contributed by atoms with Crippen molar-refractivity contribution < 1.29 is 18.3 Å². The molecule has 0 atom stereocenters. The topological polar surface area (TPSA) is 76.4 Å². The van der Waals surface area contributed by atoms with Crippen molar-refractivity contribution in [3.63, 3.8) is 0 Å². The summed E-state index contributed by atoms with van der Waals surface area (Å²) in [5, 5.41) is 10.4. The van der Waals surface area contributed by atoms with Gasteiger partial charge in [0.25, 0.3) is 0 Å². The Labute approximate surface area is 150 Å². The molecule has 0 saturated heterocycles. The van der Waals surface area contributed by atoms with E-state index in [1.165, 1.54) is 6.26 Å². The molecule has 0 saturated carbocycles. The number of rotatable bonds is 5. The largest absolute Gasteiger partial charge is 0.481 e. The summed E-state index contributed by atoms with van der Waals surface area (Å²) >= 11 is 6.05. The number of fused-ring (bicyclic) bond motifs is 1. The van der Waals surface area contributed by atoms with Gasteiger partial charge in [-0.3, -0.25) is 4.79 Å². The Morgan fingerprint density at radius 2 is 1.88 bits per heavy atom. The van der Waals surface area contributed by atoms with Gasteiger partial charge in [0.15, 0.2) is 9.84 Å². The van der Waals surface area contributed by atoms with Crippen LogP contribution in [0.15, 0.2) is 53.6 Å². The van der Waals surface area contributed by atoms with Crippen molar-refractivity contribution in [1.29, 1.82) is 0 Å². The van der Waals surface area contributed by atoms with E-state index in [4.69, 9.17) is 16.7 Å². The molecule has 7 heteroatoms. The molecule has 0 bridgehead atoms. The number of hydrogen-bond donors (Lipinski definition) is 1. The lowest BCUT2D eigenvalue weighted by molar-refractivity contribution is -0.136. The molecule has 0 radical (unpaired) electrons. The first-order valence-corrected chi connectivity index (χ1v) is 9.79. The standard InChI is InChI=1S/C18H16ClNO4S/c1-25(23,24)17-5-3-2-4-12(17)10-20-11-13(8-18(21)22)15-9-14(19)6-7-16(15)20/h2-7,9,11H,8,10H2,1H3,(H,21,22). The van der Waals surface area contributed by atoms with Crippen LogP contribution in [0.25, 0.3) is 10.9 Å². The normalized spacial score (nSPS) is 11.8. The number of aromatic nitrogens is 1. The van der Waals surface area contributed by atoms with Crippen LogP contribution < -0.4 is 0 Å². The van der Waals surface area contributed by atoms with Gasteiger partial charge in [-0.15, -0.1) is 0 Å². The van der Waals surface area contributed by atoms with Crippen molar-refractivity contribution in [1.82, 2.24) is 4.57 Å². The lowest BCUT2D eigenvalue weighted by Gasteiger charge is -2.10. The number of carboxylic acid groups (broad SMARTS) is 1. The minimum Gasteiger partial charge on any atom is -0.481 e. The highest BCUT2D eigenvalue weighted by Gasteiger charge is 2.16. The molecule has 25 heavy (non-hydrogen) atoms. The summed E-state index contributed by atoms with van der Waals surface area (Å²) in [7, 11) is -3.35. The summed E-state index contributed by atoms with van der Waals surface area (Å²) in [6, 6.07) is 12.1. The molecule has 2 aromatic carbocycles. The van der Waals surface area contributed by atoms with Crippen LogP contribution in [0, 0.1) is 0 Å². The van der Waals surface area contributed by atoms with E-state index in [2.05, 4.69) is 0 Å². The number of aliphatic carboxylic acids is 1. The van der Waals surface area contributed by atoms with Crippen LogP contribution in [0.4, 0.5) is 0 Å². The highest BCUT2D eigenvalue weighted by Crippen LogP contribution is 2.27. The molecule has 1 aromatic heterocycles. The lowest BCUT2D eigenvalue weighted by Crippen LogP contribution is -2.06. The Morgan fingerprint density at radius 3 is 2.56 bits per heavy atom. The van der Waals surface area contributed by atoms with E-state index in [0.717, 1.165) is 10.9 Å². The summed E-state index contributed by atoms with van der Waals surface area (Å²) in [4.78, 5) is 11.4. The lowest BCUT2D eigenvalue weighted by atomic mass is 10.1. The van der Waals surface area contributed by atoms with Crippen molar-refractivity contribution in [2.24, 2.45) is 0 Å². The zero-order valence-electron chi connectivity index (χ0n) is 13.4. The monoisotopic (exact) mass is 377 g/mol. The van der Waals surface area contributed by atoms with Crippen LogP contribution in [0.2, 0.25) is 5.02 Å². The smallest absolute Gasteiger partial charge is 0.307 e. The second-order valence-corrected chi connectivity index (χ2v) is 8.31. The Bertz CT molecular complexity index is 1070. The number of hydrogen-bond acceptors (Lipinski definition) is 3. The molecule has 0 aliphatic rings. The number of sulfone groups is 1. The number of benzene rings is 2. The van der Waals surface area contributed by atoms with Gasteiger partial charge in [-0.2, -0.15) is 0 Å². The van der Waals surface area contributed by atoms with E-state index in [9.17, 15) is 13.2 Å². The molecule has 0 amide bonds. The maximum atomic E-state index is 12.0. The van der Waals surface area contributed by atoms with Crippen molar-refractivity contribution in [3.05, 3.63) is 64.8 Å². The molecule has 0 unspecified atom stereocenters. The van der Waals surface area contributed by atoms with Crippen LogP contribution in [0.5, 0.6) is 0 Å². The molecule has 3 aromatic rings. The van der Waals surface area contributed by atoms with Crippen molar-refractivity contribution in [2.75, 3.05) is 6.26 Å². The molecule has 130 valence electrons. The average Bonchev–Trinajstić information content (AvgIpc) is 2.83. The third kappa shape index (κ3) is 3.70. The summed E-state index contributed by atoms with van der Waals surface area (Å²) in [6.45, 7) is 0.320. The van der Waals surface area contributed by atoms with Crippen LogP contribution in [-0.2, 0) is 27.6 Å². The maximum absolute atomic E-state index is 12.0. The molecule has 1 N–H and O–H groups in total. The van der Waals surface area contributed by atoms with Crippen molar-refractivity contribution in [3.8, 4) is 0 Å². The minimum absolute atomic E-state index is 0.127. The van der Waals surface area contributed by atoms with Crippen LogP contribution in [0.1, 0.15) is 11.1 Å². The van der Waals surface area contributed by atoms with Crippen molar-refractivity contribution in [2.45, 2.75) is 17.9 Å². The van der Waals surface area contributed by atoms with E-state index < -0.39 is 15.8 Å². The molecule has 1 heterocycles. The summed E-state index contributed by atoms with van der Waals surface area (Å²) in [6.07, 6.45) is 2.79. The van der Waals surface area contributed by atoms with E-state index >= 15 is 0 Å². The summed E-state index contributed by atoms with van der Waals surface area (Å²) < 4.78 is 25.9. The Kier molecular flexibility index (Phi) is 4.58. The number of carboxylic acids is 1. The van der Waals surface area contributed by atoms with Gasteiger partial charge in [0, 0.05) is 34.9 Å². The second kappa shape index (κ2) is 6.54. The van der Waals surface area contributed by atoms with E-state index in [1.54, 1.807) is 42.6 Å². The van der Waals surface area contributed by atoms with Gasteiger partial charge >= 0.3 is 5.97 Å². The van der Waals surface area contributed by atoms with Gasteiger partial charge in [-0.1, -0.05) is 29.8 Å². The Balaban J connectivity index is 2.13. The average molecular weight is 378 g/mol. The Hall–Kier alpha value is -2.31. The fraction of sp³-hybridized carbons (Fsp3) is 0.167. The zero-order chi connectivity index (χ0) is 18.2. The Morgan fingerprint density at radius 1 is 1.16 bits per heavy atom. The van der Waals surface area contributed by atoms with Crippen LogP contribution >= 0.6 is 11.6 Å². The van der Waals surface area contributed by atoms with E-state index in [-0.39, 0.29) is 11.3 Å². The van der Waals surface area contributed by atoms with Gasteiger partial charge in [-0.25, -0.2) is 8.42 Å². The molecule has 0 aliphatic heterocycles. The summed E-state index contributed by atoms with van der Waals surface area (Å²) in [5.74, 6) is -0.935. The zero-order valence-corrected chi connectivity index (χ0v) is 15.0. The third-order valence-electron chi connectivity index (χ3n) is 3.98. The van der Waals surface area contributed by atoms with Gasteiger partial charge in [-0.05, 0) is 35.4 Å². The van der Waals surface area contributed by atoms with E-state index in [0.29, 0.717) is 22.7 Å². The first-order chi connectivity index (χ1) is 11.8. The molecule has 0 spiro atoms. The number of halogens is 1. The minimum atomic E-state index is -3.35. The first kappa shape index (κ1) is 17.5. The van der Waals surface area contributed by atoms with Crippen molar-refractivity contribution >= 4 is 38.3 Å². The molecule has 0 aliphatic carbocycles. The quantitative estimate of drug-likeness (QED) is 0.739. The fourth-order valence-electron chi connectivity index (χ4n) is 2.96. The van der Waals surface area contributed by atoms with Crippen LogP contribution in [-0.4, -0.2) is 30.3 Å². The molecule has 3 rings (SSSR count). The van der Waals surface area contributed by atoms with E-state index in [1.807, 2.05) is 10.6 Å². The van der Waals surface area contributed by atoms with Gasteiger partial charge in [0.05, 0.1) is 11.3 Å². The number of carbonyl (C=O) groups is 1. The molecular weight excluding hydrogens is 362 g/mol. The summed E-state index contributed by atoms with van der Waals surface area (Å²) in [5.41, 5.74) is 2.10. The van der Waals surface area contributed by atoms with Gasteiger partial charge in [0.1, 0.15) is 0 Å². The maximum Gasteiger partial charge on any atom is 0.307 e.